The molecule has 0 radical (unpaired) electrons. The van der Waals surface area contributed by atoms with Gasteiger partial charge in [0.25, 0.3) is 5.56 Å². The molecule has 0 aliphatic rings. The van der Waals surface area contributed by atoms with Gasteiger partial charge in [-0.25, -0.2) is 0 Å². The van der Waals surface area contributed by atoms with Gasteiger partial charge in [0.05, 0.1) is 47.2 Å². The third-order valence-electron chi connectivity index (χ3n) is 5.09. The number of hydrogen-bond donors (Lipinski definition) is 0. The van der Waals surface area contributed by atoms with E-state index in [0.29, 0.717) is 40.1 Å². The van der Waals surface area contributed by atoms with Crippen molar-refractivity contribution in [1.29, 1.82) is 0 Å². The Labute approximate surface area is 174 Å². The Hall–Kier alpha value is -3.62. The maximum atomic E-state index is 13.8. The molecule has 0 spiro atoms. The van der Waals surface area contributed by atoms with Gasteiger partial charge in [0.2, 0.25) is 0 Å². The lowest BCUT2D eigenvalue weighted by Gasteiger charge is -2.20. The van der Waals surface area contributed by atoms with Crippen molar-refractivity contribution < 1.29 is 22.4 Å². The van der Waals surface area contributed by atoms with Crippen molar-refractivity contribution in [2.45, 2.75) is 26.6 Å². The van der Waals surface area contributed by atoms with Crippen LogP contribution in [0.2, 0.25) is 0 Å². The van der Waals surface area contributed by atoms with E-state index in [0.717, 1.165) is 0 Å². The van der Waals surface area contributed by atoms with Gasteiger partial charge < -0.3 is 13.8 Å². The first-order valence-electron chi connectivity index (χ1n) is 9.37. The maximum Gasteiger partial charge on any atom is 0.417 e. The molecule has 0 unspecified atom stereocenters. The molecule has 0 N–H and O–H groups in total. The second-order valence-electron chi connectivity index (χ2n) is 7.04. The zero-order valence-corrected chi connectivity index (χ0v) is 16.9. The molecule has 3 aromatic heterocycles. The molecule has 31 heavy (non-hydrogen) atoms. The fourth-order valence-electron chi connectivity index (χ4n) is 3.76. The minimum atomic E-state index is -4.72. The molecule has 0 fully saturated rings. The second-order valence-corrected chi connectivity index (χ2v) is 7.04. The Morgan fingerprint density at radius 1 is 1.13 bits per heavy atom. The third-order valence-corrected chi connectivity index (χ3v) is 5.09. The summed E-state index contributed by atoms with van der Waals surface area (Å²) >= 11 is 0. The van der Waals surface area contributed by atoms with E-state index < -0.39 is 17.3 Å². The Bertz CT molecular complexity index is 1310. The van der Waals surface area contributed by atoms with Crippen molar-refractivity contribution in [2.24, 2.45) is 0 Å². The van der Waals surface area contributed by atoms with Crippen LogP contribution in [0.1, 0.15) is 22.7 Å². The summed E-state index contributed by atoms with van der Waals surface area (Å²) in [5.74, 6) is 0.702. The summed E-state index contributed by atoms with van der Waals surface area (Å²) in [7, 11) is 1.41. The van der Waals surface area contributed by atoms with Gasteiger partial charge in [-0.3, -0.25) is 9.78 Å². The minimum absolute atomic E-state index is 0.0160. The van der Waals surface area contributed by atoms with E-state index >= 15 is 0 Å². The molecule has 4 aromatic rings. The summed E-state index contributed by atoms with van der Waals surface area (Å²) in [6, 6.07) is 8.55. The van der Waals surface area contributed by atoms with Crippen LogP contribution in [0, 0.1) is 13.8 Å². The quantitative estimate of drug-likeness (QED) is 0.469. The number of halogens is 3. The van der Waals surface area contributed by atoms with Crippen LogP contribution in [0.3, 0.4) is 0 Å². The zero-order chi connectivity index (χ0) is 22.3. The number of rotatable bonds is 4. The Balaban J connectivity index is 2.19. The number of aryl methyl sites for hydroxylation is 2. The highest BCUT2D eigenvalue weighted by Gasteiger charge is 2.35. The lowest BCUT2D eigenvalue weighted by atomic mass is 9.96. The summed E-state index contributed by atoms with van der Waals surface area (Å²) in [6.07, 6.45) is -3.16. The van der Waals surface area contributed by atoms with Gasteiger partial charge in [-0.15, -0.1) is 0 Å². The van der Waals surface area contributed by atoms with E-state index in [9.17, 15) is 18.0 Å². The van der Waals surface area contributed by atoms with Crippen molar-refractivity contribution in [3.63, 3.8) is 0 Å². The molecule has 3 heterocycles. The van der Waals surface area contributed by atoms with Crippen LogP contribution in [-0.2, 0) is 12.7 Å². The molecule has 0 bridgehead atoms. The molecule has 0 aliphatic carbocycles. The van der Waals surface area contributed by atoms with Gasteiger partial charge >= 0.3 is 6.18 Å². The number of fused-ring (bicyclic) bond motifs is 1. The predicted octanol–water partition coefficient (Wildman–Crippen LogP) is 4.74. The van der Waals surface area contributed by atoms with Crippen LogP contribution in [0.4, 0.5) is 13.2 Å². The smallest absolute Gasteiger partial charge is 0.417 e. The largest absolute Gasteiger partial charge is 0.496 e. The lowest BCUT2D eigenvalue weighted by molar-refractivity contribution is -0.136. The van der Waals surface area contributed by atoms with E-state index in [1.54, 1.807) is 38.2 Å². The number of ether oxygens (including phenoxy) is 1. The summed E-state index contributed by atoms with van der Waals surface area (Å²) < 4.78 is 53.6. The Kier molecular flexibility index (Phi) is 5.04. The van der Waals surface area contributed by atoms with Gasteiger partial charge in [-0.05, 0) is 38.1 Å². The molecule has 0 saturated heterocycles. The highest BCUT2D eigenvalue weighted by molar-refractivity contribution is 6.00. The number of nitrogens with zero attached hydrogens (tertiary/aromatic N) is 3. The first kappa shape index (κ1) is 20.6. The van der Waals surface area contributed by atoms with E-state index in [1.165, 1.54) is 23.8 Å². The van der Waals surface area contributed by atoms with Crippen molar-refractivity contribution in [2.75, 3.05) is 7.11 Å². The number of pyridine rings is 2. The zero-order valence-electron chi connectivity index (χ0n) is 16.9. The van der Waals surface area contributed by atoms with Crippen molar-refractivity contribution in [3.05, 3.63) is 75.7 Å². The van der Waals surface area contributed by atoms with Gasteiger partial charge in [0, 0.05) is 17.6 Å². The monoisotopic (exact) mass is 429 g/mol. The van der Waals surface area contributed by atoms with E-state index in [1.807, 2.05) is 0 Å². The molecule has 0 aliphatic heterocycles. The molecule has 0 amide bonds. The average molecular weight is 429 g/mol. The van der Waals surface area contributed by atoms with Crippen LogP contribution in [0.5, 0.6) is 5.75 Å². The molecule has 6 nitrogen and oxygen atoms in total. The van der Waals surface area contributed by atoms with Gasteiger partial charge in [-0.2, -0.15) is 13.2 Å². The standard InChI is InChI=1S/C22H18F3N3O3/c1-12-19(13(2)31-27-12)20-17(30-3)8-7-15-16(22(23,24)25)10-18(29)28(21(15)20)11-14-6-4-5-9-26-14/h4-10H,11H2,1-3H3. The number of aromatic nitrogens is 3. The topological polar surface area (TPSA) is 70.2 Å². The molecule has 1 aromatic carbocycles. The summed E-state index contributed by atoms with van der Waals surface area (Å²) in [5, 5.41) is 3.80. The Morgan fingerprint density at radius 3 is 2.48 bits per heavy atom. The number of methoxy groups -OCH3 is 1. The first-order chi connectivity index (χ1) is 14.7. The second kappa shape index (κ2) is 7.57. The van der Waals surface area contributed by atoms with Crippen LogP contribution in [0.15, 0.2) is 51.9 Å². The fourth-order valence-corrected chi connectivity index (χ4v) is 3.76. The van der Waals surface area contributed by atoms with Gasteiger partial charge in [-0.1, -0.05) is 11.2 Å². The molecule has 9 heteroatoms. The molecule has 4 rings (SSSR count). The van der Waals surface area contributed by atoms with Crippen molar-refractivity contribution in [3.8, 4) is 16.9 Å². The highest BCUT2D eigenvalue weighted by atomic mass is 19.4. The fraction of sp³-hybridized carbons (Fsp3) is 0.227. The SMILES string of the molecule is COc1ccc2c(C(F)(F)F)cc(=O)n(Cc3ccccn3)c2c1-c1c(C)noc1C. The Morgan fingerprint density at radius 2 is 1.90 bits per heavy atom. The predicted molar refractivity (Wildman–Crippen MR) is 108 cm³/mol. The molecular formula is C22H18F3N3O3. The van der Waals surface area contributed by atoms with Gasteiger partial charge in [0.1, 0.15) is 11.5 Å². The van der Waals surface area contributed by atoms with E-state index in [2.05, 4.69) is 10.1 Å². The normalized spacial score (nSPS) is 11.8. The molecular weight excluding hydrogens is 411 g/mol. The van der Waals surface area contributed by atoms with Crippen LogP contribution < -0.4 is 10.3 Å². The molecule has 0 saturated carbocycles. The molecule has 160 valence electrons. The van der Waals surface area contributed by atoms with E-state index in [4.69, 9.17) is 9.26 Å². The van der Waals surface area contributed by atoms with Crippen molar-refractivity contribution in [1.82, 2.24) is 14.7 Å². The summed E-state index contributed by atoms with van der Waals surface area (Å²) in [6.45, 7) is 3.32. The van der Waals surface area contributed by atoms with Gasteiger partial charge in [0.15, 0.2) is 0 Å². The van der Waals surface area contributed by atoms with Crippen LogP contribution >= 0.6 is 0 Å². The molecule has 0 atom stereocenters. The van der Waals surface area contributed by atoms with Crippen LogP contribution in [-0.4, -0.2) is 21.8 Å². The number of hydrogen-bond acceptors (Lipinski definition) is 5. The first-order valence-corrected chi connectivity index (χ1v) is 9.37. The highest BCUT2D eigenvalue weighted by Crippen LogP contribution is 2.43. The summed E-state index contributed by atoms with van der Waals surface area (Å²) in [4.78, 5) is 17.2. The number of benzene rings is 1. The lowest BCUT2D eigenvalue weighted by Crippen LogP contribution is -2.24. The number of alkyl halides is 3. The summed E-state index contributed by atoms with van der Waals surface area (Å²) in [5.41, 5.74) is 0.0634. The average Bonchev–Trinajstić information content (AvgIpc) is 3.06. The van der Waals surface area contributed by atoms with E-state index in [-0.39, 0.29) is 17.4 Å². The third kappa shape index (κ3) is 3.56. The maximum absolute atomic E-state index is 13.8. The minimum Gasteiger partial charge on any atom is -0.496 e. The van der Waals surface area contributed by atoms with Crippen molar-refractivity contribution >= 4 is 10.9 Å². The van der Waals surface area contributed by atoms with Crippen LogP contribution in [0.25, 0.3) is 22.0 Å².